The molecule has 0 saturated heterocycles. The molecule has 1 heterocycles. The highest BCUT2D eigenvalue weighted by Gasteiger charge is 2.39. The standard InChI is InChI=1S/C7H4F3NO.H2O/c8-7(9,10)6(12)5-2-1-3-11-4-5;/h1-4H;1H2. The topological polar surface area (TPSA) is 61.5 Å². The van der Waals surface area contributed by atoms with Crippen LogP contribution in [0.4, 0.5) is 13.2 Å². The second kappa shape index (κ2) is 3.99. The van der Waals surface area contributed by atoms with Crippen LogP contribution in [-0.4, -0.2) is 22.4 Å². The van der Waals surface area contributed by atoms with Gasteiger partial charge in [-0.15, -0.1) is 0 Å². The first-order chi connectivity index (χ1) is 5.52. The lowest BCUT2D eigenvalue weighted by Crippen LogP contribution is -2.22. The first kappa shape index (κ1) is 11.6. The smallest absolute Gasteiger partial charge is 0.412 e. The van der Waals surface area contributed by atoms with Gasteiger partial charge in [0.1, 0.15) is 0 Å². The van der Waals surface area contributed by atoms with Crippen molar-refractivity contribution in [1.82, 2.24) is 4.98 Å². The molecule has 0 aliphatic rings. The van der Waals surface area contributed by atoms with Crippen LogP contribution in [0.1, 0.15) is 10.4 Å². The molecule has 0 aliphatic carbocycles. The third kappa shape index (κ3) is 2.83. The average Bonchev–Trinajstić information content (AvgIpc) is 2.03. The van der Waals surface area contributed by atoms with Crippen LogP contribution in [0.5, 0.6) is 0 Å². The van der Waals surface area contributed by atoms with E-state index >= 15 is 0 Å². The van der Waals surface area contributed by atoms with Gasteiger partial charge in [-0.25, -0.2) is 0 Å². The van der Waals surface area contributed by atoms with E-state index in [1.807, 2.05) is 0 Å². The van der Waals surface area contributed by atoms with Crippen molar-refractivity contribution < 1.29 is 23.4 Å². The fourth-order valence-electron chi connectivity index (χ4n) is 0.661. The molecule has 0 atom stereocenters. The summed E-state index contributed by atoms with van der Waals surface area (Å²) in [7, 11) is 0. The number of carbonyl (C=O) groups excluding carboxylic acids is 1. The van der Waals surface area contributed by atoms with Crippen LogP contribution in [0.3, 0.4) is 0 Å². The molecule has 3 nitrogen and oxygen atoms in total. The van der Waals surface area contributed by atoms with Crippen molar-refractivity contribution in [3.05, 3.63) is 30.1 Å². The van der Waals surface area contributed by atoms with E-state index in [-0.39, 0.29) is 5.48 Å². The molecule has 0 radical (unpaired) electrons. The number of Topliss-reactive ketones (excluding diaryl/α,β-unsaturated/α-hetero) is 1. The van der Waals surface area contributed by atoms with E-state index in [4.69, 9.17) is 0 Å². The summed E-state index contributed by atoms with van der Waals surface area (Å²) in [5.41, 5.74) is -0.440. The molecule has 13 heavy (non-hydrogen) atoms. The number of hydrogen-bond acceptors (Lipinski definition) is 2. The number of aromatic nitrogens is 1. The Bertz CT molecular complexity index is 284. The van der Waals surface area contributed by atoms with E-state index < -0.39 is 17.5 Å². The zero-order valence-electron chi connectivity index (χ0n) is 6.30. The van der Waals surface area contributed by atoms with Crippen molar-refractivity contribution in [2.75, 3.05) is 0 Å². The van der Waals surface area contributed by atoms with Crippen molar-refractivity contribution in [2.45, 2.75) is 6.18 Å². The van der Waals surface area contributed by atoms with Crippen LogP contribution in [0.15, 0.2) is 24.5 Å². The molecule has 0 aromatic carbocycles. The van der Waals surface area contributed by atoms with Crippen molar-refractivity contribution >= 4 is 5.78 Å². The Hall–Kier alpha value is -1.43. The molecule has 1 aromatic heterocycles. The molecule has 1 rings (SSSR count). The van der Waals surface area contributed by atoms with Gasteiger partial charge in [-0.1, -0.05) is 0 Å². The molecular formula is C7H6F3NO2. The van der Waals surface area contributed by atoms with Crippen LogP contribution < -0.4 is 0 Å². The molecule has 2 N–H and O–H groups in total. The van der Waals surface area contributed by atoms with Gasteiger partial charge in [-0.3, -0.25) is 9.78 Å². The average molecular weight is 193 g/mol. The predicted octanol–water partition coefficient (Wildman–Crippen LogP) is 1.00. The highest BCUT2D eigenvalue weighted by Crippen LogP contribution is 2.20. The highest BCUT2D eigenvalue weighted by molar-refractivity contribution is 5.99. The number of ketones is 1. The molecule has 0 amide bonds. The molecule has 0 aliphatic heterocycles. The van der Waals surface area contributed by atoms with E-state index in [9.17, 15) is 18.0 Å². The minimum absolute atomic E-state index is 0. The number of rotatable bonds is 1. The first-order valence-electron chi connectivity index (χ1n) is 3.03. The molecule has 1 aromatic rings. The Kier molecular flexibility index (Phi) is 3.55. The summed E-state index contributed by atoms with van der Waals surface area (Å²) < 4.78 is 35.3. The summed E-state index contributed by atoms with van der Waals surface area (Å²) >= 11 is 0. The van der Waals surface area contributed by atoms with E-state index in [2.05, 4.69) is 4.98 Å². The maximum absolute atomic E-state index is 11.8. The number of hydrogen-bond donors (Lipinski definition) is 0. The van der Waals surface area contributed by atoms with E-state index in [0.717, 1.165) is 12.3 Å². The van der Waals surface area contributed by atoms with E-state index in [0.29, 0.717) is 0 Å². The molecule has 0 saturated carbocycles. The highest BCUT2D eigenvalue weighted by atomic mass is 19.4. The van der Waals surface area contributed by atoms with Crippen LogP contribution >= 0.6 is 0 Å². The molecule has 0 spiro atoms. The van der Waals surface area contributed by atoms with Crippen molar-refractivity contribution in [2.24, 2.45) is 0 Å². The summed E-state index contributed by atoms with van der Waals surface area (Å²) in [5.74, 6) is -1.87. The summed E-state index contributed by atoms with van der Waals surface area (Å²) in [4.78, 5) is 13.9. The summed E-state index contributed by atoms with van der Waals surface area (Å²) in [6, 6.07) is 2.35. The molecule has 0 fully saturated rings. The summed E-state index contributed by atoms with van der Waals surface area (Å²) in [6.45, 7) is 0. The fraction of sp³-hybridized carbons (Fsp3) is 0.143. The van der Waals surface area contributed by atoms with Crippen LogP contribution in [-0.2, 0) is 0 Å². The zero-order chi connectivity index (χ0) is 9.19. The lowest BCUT2D eigenvalue weighted by Gasteiger charge is -2.02. The predicted molar refractivity (Wildman–Crippen MR) is 38.2 cm³/mol. The zero-order valence-corrected chi connectivity index (χ0v) is 6.30. The lowest BCUT2D eigenvalue weighted by molar-refractivity contribution is -0.0885. The van der Waals surface area contributed by atoms with E-state index in [1.54, 1.807) is 0 Å². The van der Waals surface area contributed by atoms with Gasteiger partial charge in [0.25, 0.3) is 5.78 Å². The van der Waals surface area contributed by atoms with Gasteiger partial charge < -0.3 is 5.48 Å². The van der Waals surface area contributed by atoms with Crippen molar-refractivity contribution in [3.8, 4) is 0 Å². The molecule has 0 bridgehead atoms. The summed E-state index contributed by atoms with van der Waals surface area (Å²) in [5, 5.41) is 0. The maximum atomic E-state index is 11.8. The van der Waals surface area contributed by atoms with Crippen LogP contribution in [0.2, 0.25) is 0 Å². The number of pyridine rings is 1. The second-order valence-corrected chi connectivity index (χ2v) is 2.07. The molecule has 72 valence electrons. The van der Waals surface area contributed by atoms with Gasteiger partial charge >= 0.3 is 6.18 Å². The Morgan fingerprint density at radius 3 is 2.38 bits per heavy atom. The molecular weight excluding hydrogens is 187 g/mol. The first-order valence-corrected chi connectivity index (χ1v) is 3.03. The van der Waals surface area contributed by atoms with E-state index in [1.165, 1.54) is 12.3 Å². The monoisotopic (exact) mass is 193 g/mol. The number of halogens is 3. The largest absolute Gasteiger partial charge is 0.454 e. The van der Waals surface area contributed by atoms with Crippen molar-refractivity contribution in [1.29, 1.82) is 0 Å². The Morgan fingerprint density at radius 1 is 1.38 bits per heavy atom. The van der Waals surface area contributed by atoms with Gasteiger partial charge in [0, 0.05) is 18.0 Å². The Morgan fingerprint density at radius 2 is 2.00 bits per heavy atom. The second-order valence-electron chi connectivity index (χ2n) is 2.07. The fourth-order valence-corrected chi connectivity index (χ4v) is 0.661. The molecule has 6 heteroatoms. The van der Waals surface area contributed by atoms with Gasteiger partial charge in [0.05, 0.1) is 0 Å². The van der Waals surface area contributed by atoms with Crippen molar-refractivity contribution in [3.63, 3.8) is 0 Å². The number of nitrogens with zero attached hydrogens (tertiary/aromatic N) is 1. The van der Waals surface area contributed by atoms with Crippen LogP contribution in [0.25, 0.3) is 0 Å². The SMILES string of the molecule is O.O=C(c1cccnc1)C(F)(F)F. The Balaban J connectivity index is 0.00000144. The normalized spacial score (nSPS) is 10.4. The van der Waals surface area contributed by atoms with Gasteiger partial charge in [-0.2, -0.15) is 13.2 Å². The lowest BCUT2D eigenvalue weighted by atomic mass is 10.2. The Labute approximate surface area is 71.5 Å². The maximum Gasteiger partial charge on any atom is 0.454 e. The van der Waals surface area contributed by atoms with Gasteiger partial charge in [0.2, 0.25) is 0 Å². The quantitative estimate of drug-likeness (QED) is 0.624. The van der Waals surface area contributed by atoms with Crippen LogP contribution in [0, 0.1) is 0 Å². The number of carbonyl (C=O) groups is 1. The van der Waals surface area contributed by atoms with Gasteiger partial charge in [-0.05, 0) is 12.1 Å². The molecule has 0 unspecified atom stereocenters. The summed E-state index contributed by atoms with van der Waals surface area (Å²) in [6.07, 6.45) is -2.63. The minimum Gasteiger partial charge on any atom is -0.412 e. The number of alkyl halides is 3. The minimum atomic E-state index is -4.82. The third-order valence-corrected chi connectivity index (χ3v) is 1.18. The van der Waals surface area contributed by atoms with Gasteiger partial charge in [0.15, 0.2) is 0 Å². The third-order valence-electron chi connectivity index (χ3n) is 1.18.